The van der Waals surface area contributed by atoms with Crippen LogP contribution in [-0.4, -0.2) is 11.5 Å². The molecule has 1 aromatic carbocycles. The van der Waals surface area contributed by atoms with Crippen LogP contribution in [0.4, 0.5) is 5.69 Å². The Balaban J connectivity index is 2.75. The zero-order chi connectivity index (χ0) is 14.0. The van der Waals surface area contributed by atoms with Crippen molar-refractivity contribution >= 4 is 28.2 Å². The van der Waals surface area contributed by atoms with Gasteiger partial charge in [-0.05, 0) is 49.9 Å². The molecule has 0 saturated heterocycles. The number of nitrogens with one attached hydrogen (secondary N) is 1. The van der Waals surface area contributed by atoms with E-state index in [9.17, 15) is 0 Å². The van der Waals surface area contributed by atoms with Crippen LogP contribution >= 0.6 is 11.6 Å². The van der Waals surface area contributed by atoms with Crippen LogP contribution in [0.2, 0.25) is 5.02 Å². The Labute approximate surface area is 120 Å². The van der Waals surface area contributed by atoms with Crippen molar-refractivity contribution in [1.29, 1.82) is 0 Å². The van der Waals surface area contributed by atoms with Gasteiger partial charge in [0.2, 0.25) is 0 Å². The topological polar surface area (TPSA) is 24.9 Å². The third-order valence-electron chi connectivity index (χ3n) is 3.58. The smallest absolute Gasteiger partial charge is 0.0770 e. The maximum absolute atomic E-state index is 6.22. The Morgan fingerprint density at radius 3 is 2.53 bits per heavy atom. The summed E-state index contributed by atoms with van der Waals surface area (Å²) in [7, 11) is 0. The number of hydrogen-bond donors (Lipinski definition) is 1. The number of aromatic nitrogens is 1. The first-order chi connectivity index (χ1) is 9.10. The van der Waals surface area contributed by atoms with Gasteiger partial charge in [-0.2, -0.15) is 0 Å². The second kappa shape index (κ2) is 5.79. The molecule has 0 unspecified atom stereocenters. The Kier molecular flexibility index (Phi) is 4.31. The van der Waals surface area contributed by atoms with Crippen molar-refractivity contribution in [3.63, 3.8) is 0 Å². The SMILES string of the molecule is CCCNc1c(C)c(CC)nc2c(C)c(Cl)ccc12. The van der Waals surface area contributed by atoms with Gasteiger partial charge in [-0.15, -0.1) is 0 Å². The first-order valence-electron chi connectivity index (χ1n) is 6.92. The molecule has 1 heterocycles. The number of halogens is 1. The normalized spacial score (nSPS) is 11.0. The summed E-state index contributed by atoms with van der Waals surface area (Å²) < 4.78 is 0. The summed E-state index contributed by atoms with van der Waals surface area (Å²) in [6, 6.07) is 4.03. The van der Waals surface area contributed by atoms with Crippen LogP contribution < -0.4 is 5.32 Å². The average Bonchev–Trinajstić information content (AvgIpc) is 2.41. The molecule has 0 aliphatic carbocycles. The first-order valence-corrected chi connectivity index (χ1v) is 7.30. The molecule has 1 N–H and O–H groups in total. The van der Waals surface area contributed by atoms with Crippen molar-refractivity contribution < 1.29 is 0 Å². The minimum Gasteiger partial charge on any atom is -0.384 e. The lowest BCUT2D eigenvalue weighted by Crippen LogP contribution is -2.06. The van der Waals surface area contributed by atoms with E-state index >= 15 is 0 Å². The fraction of sp³-hybridized carbons (Fsp3) is 0.438. The summed E-state index contributed by atoms with van der Waals surface area (Å²) in [6.45, 7) is 9.48. The van der Waals surface area contributed by atoms with Crippen molar-refractivity contribution in [3.05, 3.63) is 34.0 Å². The summed E-state index contributed by atoms with van der Waals surface area (Å²) in [6.07, 6.45) is 2.05. The molecular formula is C16H21ClN2. The van der Waals surface area contributed by atoms with E-state index in [4.69, 9.17) is 16.6 Å². The zero-order valence-electron chi connectivity index (χ0n) is 12.1. The maximum atomic E-state index is 6.22. The largest absolute Gasteiger partial charge is 0.384 e. The van der Waals surface area contributed by atoms with Crippen molar-refractivity contribution in [1.82, 2.24) is 4.98 Å². The van der Waals surface area contributed by atoms with Crippen LogP contribution in [0.5, 0.6) is 0 Å². The minimum atomic E-state index is 0.785. The lowest BCUT2D eigenvalue weighted by molar-refractivity contribution is 0.970. The van der Waals surface area contributed by atoms with E-state index in [1.54, 1.807) is 0 Å². The van der Waals surface area contributed by atoms with Crippen molar-refractivity contribution in [3.8, 4) is 0 Å². The molecule has 0 amide bonds. The number of rotatable bonds is 4. The second-order valence-electron chi connectivity index (χ2n) is 4.91. The summed E-state index contributed by atoms with van der Waals surface area (Å²) >= 11 is 6.22. The van der Waals surface area contributed by atoms with E-state index < -0.39 is 0 Å². The number of aryl methyl sites for hydroxylation is 2. The molecule has 0 spiro atoms. The molecule has 2 aromatic rings. The quantitative estimate of drug-likeness (QED) is 0.860. The van der Waals surface area contributed by atoms with E-state index in [0.29, 0.717) is 0 Å². The van der Waals surface area contributed by atoms with Gasteiger partial charge in [-0.1, -0.05) is 25.4 Å². The minimum absolute atomic E-state index is 0.785. The van der Waals surface area contributed by atoms with Crippen molar-refractivity contribution in [2.24, 2.45) is 0 Å². The van der Waals surface area contributed by atoms with Gasteiger partial charge in [0.1, 0.15) is 0 Å². The van der Waals surface area contributed by atoms with Crippen molar-refractivity contribution in [2.45, 2.75) is 40.5 Å². The second-order valence-corrected chi connectivity index (χ2v) is 5.31. The summed E-state index contributed by atoms with van der Waals surface area (Å²) in [5, 5.41) is 5.50. The fourth-order valence-corrected chi connectivity index (χ4v) is 2.56. The molecule has 0 atom stereocenters. The highest BCUT2D eigenvalue weighted by atomic mass is 35.5. The molecule has 2 rings (SSSR count). The molecule has 2 nitrogen and oxygen atoms in total. The highest BCUT2D eigenvalue weighted by Gasteiger charge is 2.13. The molecule has 1 aromatic heterocycles. The van der Waals surface area contributed by atoms with Gasteiger partial charge in [0.25, 0.3) is 0 Å². The molecule has 0 fully saturated rings. The summed E-state index contributed by atoms with van der Waals surface area (Å²) in [5.41, 5.74) is 5.70. The van der Waals surface area contributed by atoms with E-state index in [1.165, 1.54) is 16.6 Å². The van der Waals surface area contributed by atoms with Gasteiger partial charge < -0.3 is 5.32 Å². The molecule has 0 aliphatic rings. The lowest BCUT2D eigenvalue weighted by Gasteiger charge is -2.16. The van der Waals surface area contributed by atoms with Gasteiger partial charge in [-0.3, -0.25) is 4.98 Å². The number of nitrogens with zero attached hydrogens (tertiary/aromatic N) is 1. The molecule has 3 heteroatoms. The Hall–Kier alpha value is -1.28. The maximum Gasteiger partial charge on any atom is 0.0770 e. The van der Waals surface area contributed by atoms with Crippen LogP contribution in [0.3, 0.4) is 0 Å². The molecule has 102 valence electrons. The van der Waals surface area contributed by atoms with Crippen LogP contribution in [0.15, 0.2) is 12.1 Å². The molecule has 0 saturated carbocycles. The van der Waals surface area contributed by atoms with E-state index in [-0.39, 0.29) is 0 Å². The first kappa shape index (κ1) is 14.1. The fourth-order valence-electron chi connectivity index (χ4n) is 2.41. The monoisotopic (exact) mass is 276 g/mol. The average molecular weight is 277 g/mol. The van der Waals surface area contributed by atoms with E-state index in [2.05, 4.69) is 32.2 Å². The van der Waals surface area contributed by atoms with Crippen LogP contribution in [0, 0.1) is 13.8 Å². The van der Waals surface area contributed by atoms with Crippen molar-refractivity contribution in [2.75, 3.05) is 11.9 Å². The third-order valence-corrected chi connectivity index (χ3v) is 3.98. The number of benzene rings is 1. The third kappa shape index (κ3) is 2.55. The van der Waals surface area contributed by atoms with E-state index in [0.717, 1.165) is 41.2 Å². The Bertz CT molecular complexity index is 605. The Morgan fingerprint density at radius 2 is 1.89 bits per heavy atom. The van der Waals surface area contributed by atoms with Gasteiger partial charge >= 0.3 is 0 Å². The molecule has 0 bridgehead atoms. The Morgan fingerprint density at radius 1 is 1.16 bits per heavy atom. The van der Waals surface area contributed by atoms with Gasteiger partial charge in [0.05, 0.1) is 5.52 Å². The number of fused-ring (bicyclic) bond motifs is 1. The van der Waals surface area contributed by atoms with Crippen LogP contribution in [0.1, 0.15) is 37.1 Å². The number of anilines is 1. The predicted octanol–water partition coefficient (Wildman–Crippen LogP) is 4.89. The van der Waals surface area contributed by atoms with Gasteiger partial charge in [0, 0.05) is 28.3 Å². The van der Waals surface area contributed by atoms with Crippen LogP contribution in [0.25, 0.3) is 10.9 Å². The molecular weight excluding hydrogens is 256 g/mol. The van der Waals surface area contributed by atoms with Gasteiger partial charge in [0.15, 0.2) is 0 Å². The standard InChI is InChI=1S/C16H21ClN2/c1-5-9-18-15-11(4)14(6-2)19-16-10(3)13(17)8-7-12(15)16/h7-8H,5-6,9H2,1-4H3,(H,18,19). The lowest BCUT2D eigenvalue weighted by atomic mass is 10.0. The summed E-state index contributed by atoms with van der Waals surface area (Å²) in [5.74, 6) is 0. The van der Waals surface area contributed by atoms with E-state index in [1.807, 2.05) is 13.0 Å². The van der Waals surface area contributed by atoms with Crippen LogP contribution in [-0.2, 0) is 6.42 Å². The molecule has 0 aliphatic heterocycles. The highest BCUT2D eigenvalue weighted by Crippen LogP contribution is 2.32. The molecule has 0 radical (unpaired) electrons. The summed E-state index contributed by atoms with van der Waals surface area (Å²) in [4.78, 5) is 4.80. The number of pyridine rings is 1. The highest BCUT2D eigenvalue weighted by molar-refractivity contribution is 6.32. The predicted molar refractivity (Wildman–Crippen MR) is 84.4 cm³/mol. The zero-order valence-corrected chi connectivity index (χ0v) is 12.9. The number of hydrogen-bond acceptors (Lipinski definition) is 2. The molecule has 19 heavy (non-hydrogen) atoms. The van der Waals surface area contributed by atoms with Gasteiger partial charge in [-0.25, -0.2) is 0 Å².